The van der Waals surface area contributed by atoms with Gasteiger partial charge in [-0.15, -0.1) is 0 Å². The second-order valence-corrected chi connectivity index (χ2v) is 5.40. The molecule has 2 rings (SSSR count). The minimum absolute atomic E-state index is 0.0971. The number of hydrogen-bond acceptors (Lipinski definition) is 3. The van der Waals surface area contributed by atoms with Crippen molar-refractivity contribution < 1.29 is 4.74 Å². The lowest BCUT2D eigenvalue weighted by Gasteiger charge is -2.17. The normalized spacial score (nSPS) is 12.1. The largest absolute Gasteiger partial charge is 0.495 e. The summed E-state index contributed by atoms with van der Waals surface area (Å²) in [5.74, 6) is 6.37. The fourth-order valence-corrected chi connectivity index (χ4v) is 2.59. The van der Waals surface area contributed by atoms with Crippen LogP contribution in [-0.4, -0.2) is 7.11 Å². The predicted octanol–water partition coefficient (Wildman–Crippen LogP) is 3.88. The first kappa shape index (κ1) is 15.8. The Morgan fingerprint density at radius 3 is 2.62 bits per heavy atom. The molecule has 1 atom stereocenters. The summed E-state index contributed by atoms with van der Waals surface area (Å²) in [6.45, 7) is 0. The zero-order valence-electron chi connectivity index (χ0n) is 12.2. The minimum atomic E-state index is 0.0971. The lowest BCUT2D eigenvalue weighted by atomic mass is 9.99. The van der Waals surface area contributed by atoms with Gasteiger partial charge in [0.15, 0.2) is 0 Å². The standard InChI is InChI=1S/C17H21ClN2O/c1-21-17-12-14(10-11-15(17)18)16(20-19)9-5-8-13-6-3-2-4-7-13/h2-4,6-7,10-12,16,20H,5,8-9,19H2,1H3. The van der Waals surface area contributed by atoms with Crippen molar-refractivity contribution in [3.05, 3.63) is 64.7 Å². The third kappa shape index (κ3) is 4.46. The van der Waals surface area contributed by atoms with Crippen molar-refractivity contribution in [3.8, 4) is 5.75 Å². The van der Waals surface area contributed by atoms with Gasteiger partial charge < -0.3 is 4.74 Å². The van der Waals surface area contributed by atoms with E-state index >= 15 is 0 Å². The zero-order chi connectivity index (χ0) is 15.1. The maximum Gasteiger partial charge on any atom is 0.137 e. The third-order valence-electron chi connectivity index (χ3n) is 3.58. The second kappa shape index (κ2) is 8.03. The average Bonchev–Trinajstić information content (AvgIpc) is 2.53. The number of methoxy groups -OCH3 is 1. The molecule has 1 unspecified atom stereocenters. The maximum atomic E-state index is 6.05. The van der Waals surface area contributed by atoms with E-state index in [1.807, 2.05) is 24.3 Å². The molecular formula is C17H21ClN2O. The van der Waals surface area contributed by atoms with Gasteiger partial charge in [-0.1, -0.05) is 48.0 Å². The Labute approximate surface area is 131 Å². The molecule has 2 aromatic carbocycles. The van der Waals surface area contributed by atoms with E-state index in [0.29, 0.717) is 10.8 Å². The van der Waals surface area contributed by atoms with Crippen molar-refractivity contribution >= 4 is 11.6 Å². The van der Waals surface area contributed by atoms with Crippen molar-refractivity contribution in [2.45, 2.75) is 25.3 Å². The molecule has 0 aliphatic heterocycles. The molecule has 0 radical (unpaired) electrons. The van der Waals surface area contributed by atoms with Crippen LogP contribution < -0.4 is 16.0 Å². The van der Waals surface area contributed by atoms with Gasteiger partial charge >= 0.3 is 0 Å². The smallest absolute Gasteiger partial charge is 0.137 e. The topological polar surface area (TPSA) is 47.3 Å². The van der Waals surface area contributed by atoms with Gasteiger partial charge in [0.05, 0.1) is 12.1 Å². The molecule has 0 aliphatic carbocycles. The van der Waals surface area contributed by atoms with Gasteiger partial charge in [0.25, 0.3) is 0 Å². The van der Waals surface area contributed by atoms with Gasteiger partial charge in [0.1, 0.15) is 5.75 Å². The zero-order valence-corrected chi connectivity index (χ0v) is 12.9. The van der Waals surface area contributed by atoms with E-state index in [2.05, 4.69) is 29.7 Å². The number of nitrogens with two attached hydrogens (primary N) is 1. The molecule has 0 saturated heterocycles. The van der Waals surface area contributed by atoms with E-state index in [1.165, 1.54) is 5.56 Å². The molecule has 0 saturated carbocycles. The van der Waals surface area contributed by atoms with Crippen LogP contribution in [0, 0.1) is 0 Å². The highest BCUT2D eigenvalue weighted by atomic mass is 35.5. The molecule has 112 valence electrons. The number of ether oxygens (including phenoxy) is 1. The number of benzene rings is 2. The molecule has 0 heterocycles. The van der Waals surface area contributed by atoms with E-state index in [-0.39, 0.29) is 6.04 Å². The van der Waals surface area contributed by atoms with Crippen LogP contribution in [0.1, 0.15) is 30.0 Å². The summed E-state index contributed by atoms with van der Waals surface area (Å²) in [6.07, 6.45) is 3.06. The van der Waals surface area contributed by atoms with E-state index in [4.69, 9.17) is 22.2 Å². The average molecular weight is 305 g/mol. The first-order valence-electron chi connectivity index (χ1n) is 7.08. The molecule has 3 nitrogen and oxygen atoms in total. The predicted molar refractivity (Wildman–Crippen MR) is 87.4 cm³/mol. The van der Waals surface area contributed by atoms with Crippen LogP contribution in [0.3, 0.4) is 0 Å². The molecule has 0 spiro atoms. The van der Waals surface area contributed by atoms with Crippen LogP contribution in [0.2, 0.25) is 5.02 Å². The highest BCUT2D eigenvalue weighted by Gasteiger charge is 2.12. The van der Waals surface area contributed by atoms with Crippen molar-refractivity contribution in [3.63, 3.8) is 0 Å². The summed E-state index contributed by atoms with van der Waals surface area (Å²) >= 11 is 6.05. The lowest BCUT2D eigenvalue weighted by Crippen LogP contribution is -2.28. The fraction of sp³-hybridized carbons (Fsp3) is 0.294. The molecule has 4 heteroatoms. The summed E-state index contributed by atoms with van der Waals surface area (Å²) in [4.78, 5) is 0. The second-order valence-electron chi connectivity index (χ2n) is 4.99. The SMILES string of the molecule is COc1cc(C(CCCc2ccccc2)NN)ccc1Cl. The molecule has 21 heavy (non-hydrogen) atoms. The Kier molecular flexibility index (Phi) is 6.05. The van der Waals surface area contributed by atoms with Crippen molar-refractivity contribution in [1.82, 2.24) is 5.43 Å². The molecule has 0 aliphatic rings. The highest BCUT2D eigenvalue weighted by Crippen LogP contribution is 2.29. The summed E-state index contributed by atoms with van der Waals surface area (Å²) in [5, 5.41) is 0.612. The molecular weight excluding hydrogens is 284 g/mol. The van der Waals surface area contributed by atoms with Gasteiger partial charge in [0, 0.05) is 6.04 Å². The van der Waals surface area contributed by atoms with Gasteiger partial charge in [0.2, 0.25) is 0 Å². The molecule has 0 amide bonds. The highest BCUT2D eigenvalue weighted by molar-refractivity contribution is 6.32. The summed E-state index contributed by atoms with van der Waals surface area (Å²) in [7, 11) is 1.62. The molecule has 0 fully saturated rings. The van der Waals surface area contributed by atoms with Crippen LogP contribution in [0.4, 0.5) is 0 Å². The summed E-state index contributed by atoms with van der Waals surface area (Å²) < 4.78 is 5.25. The monoisotopic (exact) mass is 304 g/mol. The van der Waals surface area contributed by atoms with Crippen LogP contribution in [0.25, 0.3) is 0 Å². The number of hydrogen-bond donors (Lipinski definition) is 2. The van der Waals surface area contributed by atoms with Crippen molar-refractivity contribution in [2.24, 2.45) is 5.84 Å². The number of rotatable bonds is 7. The quantitative estimate of drug-likeness (QED) is 0.603. The minimum Gasteiger partial charge on any atom is -0.495 e. The Hall–Kier alpha value is -1.55. The summed E-state index contributed by atoms with van der Waals surface area (Å²) in [5.41, 5.74) is 5.32. The Balaban J connectivity index is 1.96. The van der Waals surface area contributed by atoms with Crippen molar-refractivity contribution in [2.75, 3.05) is 7.11 Å². The Bertz CT molecular complexity index is 560. The van der Waals surface area contributed by atoms with Crippen LogP contribution in [0.5, 0.6) is 5.75 Å². The lowest BCUT2D eigenvalue weighted by molar-refractivity contribution is 0.412. The van der Waals surface area contributed by atoms with Gasteiger partial charge in [-0.2, -0.15) is 0 Å². The molecule has 0 bridgehead atoms. The Morgan fingerprint density at radius 2 is 1.95 bits per heavy atom. The molecule has 0 aromatic heterocycles. The van der Waals surface area contributed by atoms with E-state index in [1.54, 1.807) is 7.11 Å². The number of hydrazine groups is 1. The van der Waals surface area contributed by atoms with Gasteiger partial charge in [-0.3, -0.25) is 11.3 Å². The number of nitrogens with one attached hydrogen (secondary N) is 1. The van der Waals surface area contributed by atoms with Gasteiger partial charge in [-0.25, -0.2) is 0 Å². The van der Waals surface area contributed by atoms with Gasteiger partial charge in [-0.05, 0) is 42.5 Å². The van der Waals surface area contributed by atoms with Crippen LogP contribution >= 0.6 is 11.6 Å². The van der Waals surface area contributed by atoms with E-state index in [9.17, 15) is 0 Å². The Morgan fingerprint density at radius 1 is 1.19 bits per heavy atom. The third-order valence-corrected chi connectivity index (χ3v) is 3.89. The number of aryl methyl sites for hydroxylation is 1. The summed E-state index contributed by atoms with van der Waals surface area (Å²) in [6, 6.07) is 16.3. The van der Waals surface area contributed by atoms with Crippen molar-refractivity contribution in [1.29, 1.82) is 0 Å². The fourth-order valence-electron chi connectivity index (χ4n) is 2.39. The van der Waals surface area contributed by atoms with Crippen LogP contribution in [-0.2, 0) is 6.42 Å². The van der Waals surface area contributed by atoms with E-state index < -0.39 is 0 Å². The maximum absolute atomic E-state index is 6.05. The van der Waals surface area contributed by atoms with E-state index in [0.717, 1.165) is 24.8 Å². The van der Waals surface area contributed by atoms with Crippen LogP contribution in [0.15, 0.2) is 48.5 Å². The first-order chi connectivity index (χ1) is 10.2. The molecule has 2 aromatic rings. The first-order valence-corrected chi connectivity index (χ1v) is 7.46. The number of halogens is 1. The molecule has 3 N–H and O–H groups in total.